The molecule has 7 nitrogen and oxygen atoms in total. The molecule has 4 unspecified atom stereocenters. The predicted octanol–water partition coefficient (Wildman–Crippen LogP) is 6.25. The highest BCUT2D eigenvalue weighted by Gasteiger charge is 2.25. The smallest absolute Gasteiger partial charge is 0.123 e. The van der Waals surface area contributed by atoms with Crippen LogP contribution in [0.25, 0.3) is 33.6 Å². The van der Waals surface area contributed by atoms with Crippen molar-refractivity contribution in [3.63, 3.8) is 0 Å². The number of nitrogens with zero attached hydrogens (tertiary/aromatic N) is 3. The zero-order valence-electron chi connectivity index (χ0n) is 25.3. The summed E-state index contributed by atoms with van der Waals surface area (Å²) in [5.74, 6) is 7.37. The van der Waals surface area contributed by atoms with E-state index in [2.05, 4.69) is 113 Å². The highest BCUT2D eigenvalue weighted by atomic mass is 15.1. The van der Waals surface area contributed by atoms with Gasteiger partial charge in [-0.05, 0) is 55.4 Å². The van der Waals surface area contributed by atoms with Crippen LogP contribution in [-0.4, -0.2) is 45.6 Å². The average Bonchev–Trinajstić information content (AvgIpc) is 3.79. The molecule has 7 heteroatoms. The summed E-state index contributed by atoms with van der Waals surface area (Å²) in [7, 11) is 2.17. The van der Waals surface area contributed by atoms with Crippen molar-refractivity contribution in [1.82, 2.24) is 30.6 Å². The molecular formula is C35H41N7. The van der Waals surface area contributed by atoms with E-state index in [-0.39, 0.29) is 24.2 Å². The third kappa shape index (κ3) is 5.85. The first-order chi connectivity index (χ1) is 20.4. The molecule has 216 valence electrons. The van der Waals surface area contributed by atoms with Gasteiger partial charge < -0.3 is 14.9 Å². The summed E-state index contributed by atoms with van der Waals surface area (Å²) in [6.45, 7) is 9.32. The second-order valence-electron chi connectivity index (χ2n) is 11.1. The monoisotopic (exact) mass is 559 g/mol. The van der Waals surface area contributed by atoms with Crippen molar-refractivity contribution in [2.45, 2.75) is 71.1 Å². The Morgan fingerprint density at radius 2 is 1.33 bits per heavy atom. The fourth-order valence-electron chi connectivity index (χ4n) is 5.76. The van der Waals surface area contributed by atoms with Gasteiger partial charge in [0.25, 0.3) is 0 Å². The summed E-state index contributed by atoms with van der Waals surface area (Å²) in [6, 6.07) is 13.3. The fraction of sp³-hybridized carbons (Fsp3) is 0.371. The Morgan fingerprint density at radius 1 is 0.810 bits per heavy atom. The van der Waals surface area contributed by atoms with Gasteiger partial charge in [0.2, 0.25) is 0 Å². The molecular weight excluding hydrogens is 518 g/mol. The van der Waals surface area contributed by atoms with Gasteiger partial charge in [-0.1, -0.05) is 62.1 Å². The van der Waals surface area contributed by atoms with Crippen molar-refractivity contribution < 1.29 is 0 Å². The summed E-state index contributed by atoms with van der Waals surface area (Å²) in [6.07, 6.45) is 17.9. The van der Waals surface area contributed by atoms with Gasteiger partial charge in [-0.25, -0.2) is 9.97 Å². The number of aromatic amines is 2. The molecule has 0 aliphatic carbocycles. The number of nitrogens with one attached hydrogen (secondary N) is 4. The van der Waals surface area contributed by atoms with Gasteiger partial charge in [0.05, 0.1) is 47.9 Å². The summed E-state index contributed by atoms with van der Waals surface area (Å²) < 4.78 is 0. The third-order valence-corrected chi connectivity index (χ3v) is 8.29. The van der Waals surface area contributed by atoms with Gasteiger partial charge in [-0.3, -0.25) is 10.6 Å². The predicted molar refractivity (Wildman–Crippen MR) is 173 cm³/mol. The van der Waals surface area contributed by atoms with Crippen molar-refractivity contribution in [3.05, 3.63) is 66.0 Å². The van der Waals surface area contributed by atoms with E-state index in [1.54, 1.807) is 0 Å². The van der Waals surface area contributed by atoms with Gasteiger partial charge in [-0.15, -0.1) is 12.8 Å². The molecule has 4 N–H and O–H groups in total. The minimum absolute atomic E-state index is 0.0259. The van der Waals surface area contributed by atoms with Crippen molar-refractivity contribution in [3.8, 4) is 58.3 Å². The number of terminal acetylenes is 2. The largest absolute Gasteiger partial charge is 0.373 e. The molecule has 0 spiro atoms. The molecule has 4 aromatic rings. The topological polar surface area (TPSA) is 84.7 Å². The molecule has 0 saturated heterocycles. The summed E-state index contributed by atoms with van der Waals surface area (Å²) in [4.78, 5) is 18.7. The van der Waals surface area contributed by atoms with Crippen LogP contribution in [0.1, 0.15) is 69.8 Å². The molecule has 0 amide bonds. The first-order valence-corrected chi connectivity index (χ1v) is 14.9. The van der Waals surface area contributed by atoms with E-state index in [1.165, 1.54) is 27.9 Å². The number of H-pyrrole nitrogens is 2. The zero-order chi connectivity index (χ0) is 29.8. The molecule has 3 heterocycles. The van der Waals surface area contributed by atoms with Crippen LogP contribution in [-0.2, 0) is 6.42 Å². The first-order valence-electron chi connectivity index (χ1n) is 14.9. The Bertz CT molecular complexity index is 1600. The molecule has 1 aliphatic rings. The number of likely N-dealkylation sites (N-methyl/N-ethyl adjacent to an activating group) is 1. The van der Waals surface area contributed by atoms with Gasteiger partial charge in [-0.2, -0.15) is 0 Å². The number of hydrogen-bond acceptors (Lipinski definition) is 5. The highest BCUT2D eigenvalue weighted by molar-refractivity contribution is 5.88. The normalized spacial score (nSPS) is 15.5. The summed E-state index contributed by atoms with van der Waals surface area (Å²) in [5, 5.41) is 6.91. The second-order valence-corrected chi connectivity index (χ2v) is 11.1. The maximum Gasteiger partial charge on any atom is 0.123 e. The summed E-state index contributed by atoms with van der Waals surface area (Å²) in [5.41, 5.74) is 9.38. The lowest BCUT2D eigenvalue weighted by Gasteiger charge is -2.19. The van der Waals surface area contributed by atoms with E-state index in [0.29, 0.717) is 0 Å². The molecule has 0 radical (unpaired) electrons. The van der Waals surface area contributed by atoms with E-state index in [4.69, 9.17) is 17.8 Å². The standard InChI is InChI=1S/C35H41N7/c1-8-26(9-2)38-22(5)34-36-20-31(40-34)25-14-12-24(13-15-25)28-16-17-30(33-29(28)18-19-42(33)7)32-21-37-35(41-32)23(6)39-27(10-3)11-4/h1,3,12-17,20-23,26-27,38-39H,9,11,18-19H2,2,4-7H3,(H,36,40)(H,37,41). The number of aromatic nitrogens is 4. The van der Waals surface area contributed by atoms with Crippen LogP contribution in [0.3, 0.4) is 0 Å². The van der Waals surface area contributed by atoms with Gasteiger partial charge >= 0.3 is 0 Å². The van der Waals surface area contributed by atoms with Crippen molar-refractivity contribution in [2.24, 2.45) is 0 Å². The number of hydrogen-bond donors (Lipinski definition) is 4. The fourth-order valence-corrected chi connectivity index (χ4v) is 5.76. The third-order valence-electron chi connectivity index (χ3n) is 8.29. The van der Waals surface area contributed by atoms with Crippen molar-refractivity contribution in [2.75, 3.05) is 18.5 Å². The molecule has 42 heavy (non-hydrogen) atoms. The maximum absolute atomic E-state index is 5.66. The van der Waals surface area contributed by atoms with Crippen LogP contribution in [0.2, 0.25) is 0 Å². The first kappa shape index (κ1) is 29.2. The van der Waals surface area contributed by atoms with Gasteiger partial charge in [0.1, 0.15) is 11.6 Å². The van der Waals surface area contributed by atoms with Gasteiger partial charge in [0, 0.05) is 24.8 Å². The zero-order valence-corrected chi connectivity index (χ0v) is 25.3. The molecule has 4 atom stereocenters. The molecule has 0 fully saturated rings. The van der Waals surface area contributed by atoms with E-state index >= 15 is 0 Å². The van der Waals surface area contributed by atoms with E-state index in [0.717, 1.165) is 54.4 Å². The van der Waals surface area contributed by atoms with Gasteiger partial charge in [0.15, 0.2) is 0 Å². The molecule has 2 aromatic heterocycles. The Morgan fingerprint density at radius 3 is 1.90 bits per heavy atom. The Hall–Kier alpha value is -4.30. The van der Waals surface area contributed by atoms with Crippen molar-refractivity contribution in [1.29, 1.82) is 0 Å². The van der Waals surface area contributed by atoms with E-state index in [1.807, 2.05) is 12.4 Å². The van der Waals surface area contributed by atoms with E-state index in [9.17, 15) is 0 Å². The molecule has 2 aromatic carbocycles. The minimum Gasteiger partial charge on any atom is -0.373 e. The van der Waals surface area contributed by atoms with Crippen LogP contribution >= 0.6 is 0 Å². The van der Waals surface area contributed by atoms with Crippen LogP contribution in [0, 0.1) is 24.7 Å². The number of benzene rings is 2. The van der Waals surface area contributed by atoms with Crippen LogP contribution in [0.4, 0.5) is 5.69 Å². The quantitative estimate of drug-likeness (QED) is 0.163. The molecule has 0 saturated carbocycles. The SMILES string of the molecule is C#CC(CC)NC(C)c1ncc(-c2ccc(-c3ccc(-c4cnc(C(C)NC(C#C)CC)[nH]4)c4c3CCN4C)cc2)[nH]1. The Kier molecular flexibility index (Phi) is 8.83. The Labute approximate surface area is 250 Å². The average molecular weight is 560 g/mol. The van der Waals surface area contributed by atoms with E-state index < -0.39 is 0 Å². The van der Waals surface area contributed by atoms with Crippen LogP contribution in [0.15, 0.2) is 48.8 Å². The lowest BCUT2D eigenvalue weighted by Crippen LogP contribution is -2.30. The second kappa shape index (κ2) is 12.7. The van der Waals surface area contributed by atoms with Crippen molar-refractivity contribution >= 4 is 5.69 Å². The number of imidazole rings is 2. The van der Waals surface area contributed by atoms with Crippen LogP contribution in [0.5, 0.6) is 0 Å². The maximum atomic E-state index is 5.66. The lowest BCUT2D eigenvalue weighted by atomic mass is 9.93. The molecule has 1 aliphatic heterocycles. The Balaban J connectivity index is 1.38. The number of anilines is 1. The molecule has 0 bridgehead atoms. The molecule has 5 rings (SSSR count). The number of fused-ring (bicyclic) bond motifs is 1. The van der Waals surface area contributed by atoms with Crippen LogP contribution < -0.4 is 15.5 Å². The lowest BCUT2D eigenvalue weighted by molar-refractivity contribution is 0.496. The minimum atomic E-state index is 0.0259. The highest BCUT2D eigenvalue weighted by Crippen LogP contribution is 2.42. The number of rotatable bonds is 11. The summed E-state index contributed by atoms with van der Waals surface area (Å²) >= 11 is 0.